The first-order chi connectivity index (χ1) is 6.87. The molecule has 0 radical (unpaired) electrons. The molecule has 0 aliphatic heterocycles. The second-order valence-corrected chi connectivity index (χ2v) is 3.64. The number of carbonyl (C=O) groups is 1. The highest BCUT2D eigenvalue weighted by Crippen LogP contribution is 2.22. The zero-order valence-electron chi connectivity index (χ0n) is 9.16. The summed E-state index contributed by atoms with van der Waals surface area (Å²) in [7, 11) is 0. The van der Waals surface area contributed by atoms with Crippen molar-refractivity contribution in [1.29, 1.82) is 0 Å². The van der Waals surface area contributed by atoms with Crippen LogP contribution in [0.5, 0.6) is 0 Å². The molecule has 1 N–H and O–H groups in total. The van der Waals surface area contributed by atoms with Crippen LogP contribution in [0, 0.1) is 5.92 Å². The predicted molar refractivity (Wildman–Crippen MR) is 52.6 cm³/mol. The van der Waals surface area contributed by atoms with Crippen LogP contribution in [0.15, 0.2) is 0 Å². The van der Waals surface area contributed by atoms with Gasteiger partial charge in [0.15, 0.2) is 0 Å². The minimum atomic E-state index is -4.15. The molecule has 5 heteroatoms. The molecule has 15 heavy (non-hydrogen) atoms. The van der Waals surface area contributed by atoms with Crippen molar-refractivity contribution in [3.63, 3.8) is 0 Å². The van der Waals surface area contributed by atoms with E-state index in [4.69, 9.17) is 0 Å². The van der Waals surface area contributed by atoms with Crippen LogP contribution in [0.4, 0.5) is 13.2 Å². The predicted octanol–water partition coefficient (Wildman–Crippen LogP) is 2.53. The zero-order chi connectivity index (χ0) is 11.9. The second kappa shape index (κ2) is 6.82. The van der Waals surface area contributed by atoms with E-state index in [0.29, 0.717) is 6.54 Å². The van der Waals surface area contributed by atoms with Gasteiger partial charge in [-0.05, 0) is 13.0 Å². The Hall–Kier alpha value is -0.580. The van der Waals surface area contributed by atoms with Gasteiger partial charge in [0, 0.05) is 25.3 Å². The third-order valence-electron chi connectivity index (χ3n) is 2.13. The topological polar surface area (TPSA) is 29.1 Å². The van der Waals surface area contributed by atoms with E-state index in [-0.39, 0.29) is 24.5 Å². The first kappa shape index (κ1) is 14.4. The van der Waals surface area contributed by atoms with E-state index in [1.54, 1.807) is 6.92 Å². The number of hydrogen-bond donors (Lipinski definition) is 1. The van der Waals surface area contributed by atoms with Gasteiger partial charge in [0.2, 0.25) is 0 Å². The Morgan fingerprint density at radius 3 is 2.47 bits per heavy atom. The van der Waals surface area contributed by atoms with Crippen molar-refractivity contribution in [2.75, 3.05) is 13.1 Å². The van der Waals surface area contributed by atoms with Crippen LogP contribution in [0.3, 0.4) is 0 Å². The molecule has 0 spiro atoms. The van der Waals surface area contributed by atoms with Crippen molar-refractivity contribution in [1.82, 2.24) is 5.32 Å². The highest BCUT2D eigenvalue weighted by molar-refractivity contribution is 5.80. The summed E-state index contributed by atoms with van der Waals surface area (Å²) in [4.78, 5) is 11.3. The summed E-state index contributed by atoms with van der Waals surface area (Å²) in [5.41, 5.74) is 0. The van der Waals surface area contributed by atoms with Crippen LogP contribution in [0.25, 0.3) is 0 Å². The smallest absolute Gasteiger partial charge is 0.316 e. The Morgan fingerprint density at radius 2 is 2.00 bits per heavy atom. The summed E-state index contributed by atoms with van der Waals surface area (Å²) in [5.74, 6) is -0.293. The monoisotopic (exact) mass is 225 g/mol. The summed E-state index contributed by atoms with van der Waals surface area (Å²) in [6.45, 7) is 4.96. The van der Waals surface area contributed by atoms with Gasteiger partial charge in [0.05, 0.1) is 0 Å². The molecule has 0 aliphatic rings. The van der Waals surface area contributed by atoms with Gasteiger partial charge in [-0.25, -0.2) is 0 Å². The normalized spacial score (nSPS) is 13.9. The average Bonchev–Trinajstić information content (AvgIpc) is 2.11. The third-order valence-corrected chi connectivity index (χ3v) is 2.13. The summed E-state index contributed by atoms with van der Waals surface area (Å²) in [6.07, 6.45) is -5.09. The molecule has 0 bridgehead atoms. The Labute approximate surface area is 88.2 Å². The van der Waals surface area contributed by atoms with Crippen LogP contribution in [-0.2, 0) is 4.79 Å². The number of Topliss-reactive ketones (excluding diaryl/α,β-unsaturated/α-hetero) is 1. The Morgan fingerprint density at radius 1 is 1.40 bits per heavy atom. The molecule has 0 aromatic carbocycles. The maximum atomic E-state index is 11.8. The molecule has 0 amide bonds. The Kier molecular flexibility index (Phi) is 6.56. The van der Waals surface area contributed by atoms with Gasteiger partial charge in [-0.1, -0.05) is 13.8 Å². The fourth-order valence-electron chi connectivity index (χ4n) is 1.18. The van der Waals surface area contributed by atoms with E-state index in [2.05, 4.69) is 5.32 Å². The van der Waals surface area contributed by atoms with Crippen LogP contribution < -0.4 is 5.32 Å². The van der Waals surface area contributed by atoms with Gasteiger partial charge in [-0.3, -0.25) is 4.79 Å². The van der Waals surface area contributed by atoms with Crippen molar-refractivity contribution < 1.29 is 18.0 Å². The van der Waals surface area contributed by atoms with Crippen LogP contribution >= 0.6 is 0 Å². The fraction of sp³-hybridized carbons (Fsp3) is 0.900. The van der Waals surface area contributed by atoms with E-state index in [1.807, 2.05) is 6.92 Å². The Bertz CT molecular complexity index is 192. The average molecular weight is 225 g/mol. The fourth-order valence-corrected chi connectivity index (χ4v) is 1.18. The van der Waals surface area contributed by atoms with E-state index in [1.165, 1.54) is 0 Å². The minimum Gasteiger partial charge on any atom is -0.316 e. The van der Waals surface area contributed by atoms with Gasteiger partial charge in [-0.15, -0.1) is 0 Å². The molecule has 0 aromatic heterocycles. The molecule has 0 saturated heterocycles. The third kappa shape index (κ3) is 8.42. The second-order valence-electron chi connectivity index (χ2n) is 3.64. The maximum absolute atomic E-state index is 11.8. The summed E-state index contributed by atoms with van der Waals surface area (Å²) in [5, 5.41) is 2.99. The molecule has 0 saturated carbocycles. The highest BCUT2D eigenvalue weighted by atomic mass is 19.4. The largest absolute Gasteiger partial charge is 0.389 e. The number of rotatable bonds is 7. The molecule has 0 aliphatic carbocycles. The van der Waals surface area contributed by atoms with Gasteiger partial charge in [-0.2, -0.15) is 13.2 Å². The molecule has 90 valence electrons. The number of ketones is 1. The van der Waals surface area contributed by atoms with Crippen LogP contribution in [-0.4, -0.2) is 25.0 Å². The van der Waals surface area contributed by atoms with Crippen molar-refractivity contribution in [2.45, 2.75) is 39.3 Å². The molecule has 1 unspecified atom stereocenters. The van der Waals surface area contributed by atoms with E-state index >= 15 is 0 Å². The molecule has 0 heterocycles. The van der Waals surface area contributed by atoms with Gasteiger partial charge < -0.3 is 5.32 Å². The lowest BCUT2D eigenvalue weighted by Crippen LogP contribution is -2.26. The lowest BCUT2D eigenvalue weighted by atomic mass is 10.0. The number of hydrogen-bond acceptors (Lipinski definition) is 2. The zero-order valence-corrected chi connectivity index (χ0v) is 9.16. The molecule has 2 nitrogen and oxygen atoms in total. The molecule has 0 fully saturated rings. The maximum Gasteiger partial charge on any atom is 0.389 e. The highest BCUT2D eigenvalue weighted by Gasteiger charge is 2.26. The summed E-state index contributed by atoms with van der Waals surface area (Å²) >= 11 is 0. The summed E-state index contributed by atoms with van der Waals surface area (Å²) < 4.78 is 35.4. The van der Waals surface area contributed by atoms with Crippen LogP contribution in [0.1, 0.15) is 33.1 Å². The number of alkyl halides is 3. The molecular formula is C10H18F3NO. The van der Waals surface area contributed by atoms with E-state index in [9.17, 15) is 18.0 Å². The SMILES string of the molecule is CCNCC(C)C(=O)CCCC(F)(F)F. The van der Waals surface area contributed by atoms with Crippen LogP contribution in [0.2, 0.25) is 0 Å². The lowest BCUT2D eigenvalue weighted by molar-refractivity contribution is -0.137. The molecule has 1 atom stereocenters. The first-order valence-electron chi connectivity index (χ1n) is 5.17. The molecule has 0 aromatic rings. The van der Waals surface area contributed by atoms with Crippen molar-refractivity contribution in [3.8, 4) is 0 Å². The number of nitrogens with one attached hydrogen (secondary N) is 1. The molecule has 0 rings (SSSR count). The minimum absolute atomic E-state index is 0.0199. The molecular weight excluding hydrogens is 207 g/mol. The van der Waals surface area contributed by atoms with Gasteiger partial charge >= 0.3 is 6.18 Å². The first-order valence-corrected chi connectivity index (χ1v) is 5.17. The Balaban J connectivity index is 3.64. The van der Waals surface area contributed by atoms with Crippen molar-refractivity contribution >= 4 is 5.78 Å². The number of carbonyl (C=O) groups excluding carboxylic acids is 1. The summed E-state index contributed by atoms with van der Waals surface area (Å²) in [6, 6.07) is 0. The quantitative estimate of drug-likeness (QED) is 0.721. The standard InChI is InChI=1S/C10H18F3NO/c1-3-14-7-8(2)9(15)5-4-6-10(11,12)13/h8,14H,3-7H2,1-2H3. The van der Waals surface area contributed by atoms with Crippen molar-refractivity contribution in [2.24, 2.45) is 5.92 Å². The lowest BCUT2D eigenvalue weighted by Gasteiger charge is -2.11. The van der Waals surface area contributed by atoms with E-state index in [0.717, 1.165) is 6.54 Å². The van der Waals surface area contributed by atoms with Crippen molar-refractivity contribution in [3.05, 3.63) is 0 Å². The van der Waals surface area contributed by atoms with Gasteiger partial charge in [0.25, 0.3) is 0 Å². The number of halogens is 3. The van der Waals surface area contributed by atoms with E-state index < -0.39 is 12.6 Å². The van der Waals surface area contributed by atoms with Gasteiger partial charge in [0.1, 0.15) is 5.78 Å².